The molecule has 0 aromatic heterocycles. The van der Waals surface area contributed by atoms with Crippen LogP contribution in [0.5, 0.6) is 5.75 Å². The lowest BCUT2D eigenvalue weighted by Gasteiger charge is -2.11. The Morgan fingerprint density at radius 1 is 1.44 bits per heavy atom. The normalized spacial score (nSPS) is 10.2. The molecular weight excluding hydrogens is 252 g/mol. The molecule has 0 aliphatic heterocycles. The van der Waals surface area contributed by atoms with E-state index < -0.39 is 0 Å². The summed E-state index contributed by atoms with van der Waals surface area (Å²) in [6.07, 6.45) is 3.18. The summed E-state index contributed by atoms with van der Waals surface area (Å²) in [5.74, 6) is 0.245. The number of anilines is 1. The molecule has 4 nitrogen and oxygen atoms in total. The number of carbonyl (C=O) groups excluding carboxylic acids is 1. The van der Waals surface area contributed by atoms with Crippen LogP contribution in [0.2, 0.25) is 5.02 Å². The van der Waals surface area contributed by atoms with Crippen molar-refractivity contribution in [3.63, 3.8) is 0 Å². The molecule has 0 heterocycles. The van der Waals surface area contributed by atoms with E-state index in [4.69, 9.17) is 22.1 Å². The summed E-state index contributed by atoms with van der Waals surface area (Å²) in [6.45, 7) is 2.77. The molecule has 0 spiro atoms. The largest absolute Gasteiger partial charge is 0.496 e. The number of nitrogen functional groups attached to an aromatic ring is 1. The number of benzene rings is 1. The molecule has 0 atom stereocenters. The highest BCUT2D eigenvalue weighted by Gasteiger charge is 2.14. The average Bonchev–Trinajstić information content (AvgIpc) is 2.37. The van der Waals surface area contributed by atoms with Crippen molar-refractivity contribution < 1.29 is 9.53 Å². The minimum Gasteiger partial charge on any atom is -0.496 e. The number of nitrogens with two attached hydrogens (primary N) is 1. The van der Waals surface area contributed by atoms with Crippen LogP contribution in [-0.2, 0) is 0 Å². The van der Waals surface area contributed by atoms with E-state index in [1.54, 1.807) is 6.07 Å². The van der Waals surface area contributed by atoms with Crippen molar-refractivity contribution in [3.8, 4) is 5.75 Å². The fourth-order valence-electron chi connectivity index (χ4n) is 1.59. The molecular formula is C13H19ClN2O2. The molecule has 1 rings (SSSR count). The molecule has 0 radical (unpaired) electrons. The van der Waals surface area contributed by atoms with Crippen molar-refractivity contribution in [1.82, 2.24) is 5.32 Å². The Bertz CT molecular complexity index is 422. The van der Waals surface area contributed by atoms with Crippen molar-refractivity contribution in [2.45, 2.75) is 26.2 Å². The molecule has 18 heavy (non-hydrogen) atoms. The highest BCUT2D eigenvalue weighted by Crippen LogP contribution is 2.28. The van der Waals surface area contributed by atoms with E-state index in [9.17, 15) is 4.79 Å². The van der Waals surface area contributed by atoms with Gasteiger partial charge in [-0.05, 0) is 12.5 Å². The summed E-state index contributed by atoms with van der Waals surface area (Å²) >= 11 is 5.91. The van der Waals surface area contributed by atoms with E-state index in [2.05, 4.69) is 12.2 Å². The Morgan fingerprint density at radius 3 is 2.78 bits per heavy atom. The van der Waals surface area contributed by atoms with Crippen LogP contribution < -0.4 is 15.8 Å². The molecule has 1 aromatic carbocycles. The monoisotopic (exact) mass is 270 g/mol. The maximum absolute atomic E-state index is 12.0. The van der Waals surface area contributed by atoms with Gasteiger partial charge in [0, 0.05) is 12.6 Å². The Labute approximate surface area is 112 Å². The number of methoxy groups -OCH3 is 1. The van der Waals surface area contributed by atoms with Crippen LogP contribution >= 0.6 is 11.6 Å². The van der Waals surface area contributed by atoms with Crippen molar-refractivity contribution >= 4 is 23.2 Å². The fraction of sp³-hybridized carbons (Fsp3) is 0.462. The maximum atomic E-state index is 12.0. The molecule has 3 N–H and O–H groups in total. The highest BCUT2D eigenvalue weighted by molar-refractivity contribution is 6.33. The van der Waals surface area contributed by atoms with Crippen LogP contribution in [0.4, 0.5) is 5.69 Å². The Balaban J connectivity index is 2.75. The second-order valence-electron chi connectivity index (χ2n) is 4.04. The predicted molar refractivity (Wildman–Crippen MR) is 74.3 cm³/mol. The van der Waals surface area contributed by atoms with Gasteiger partial charge in [0.15, 0.2) is 0 Å². The summed E-state index contributed by atoms with van der Waals surface area (Å²) in [4.78, 5) is 12.0. The smallest absolute Gasteiger partial charge is 0.255 e. The van der Waals surface area contributed by atoms with Gasteiger partial charge in [0.05, 0.1) is 23.4 Å². The molecule has 5 heteroatoms. The van der Waals surface area contributed by atoms with Crippen LogP contribution in [0.3, 0.4) is 0 Å². The first-order chi connectivity index (χ1) is 8.60. The third-order valence-electron chi connectivity index (χ3n) is 2.63. The van der Waals surface area contributed by atoms with Gasteiger partial charge in [-0.25, -0.2) is 0 Å². The van der Waals surface area contributed by atoms with Crippen LogP contribution in [0.25, 0.3) is 0 Å². The number of rotatable bonds is 6. The molecule has 0 bridgehead atoms. The van der Waals surface area contributed by atoms with Crippen molar-refractivity contribution in [3.05, 3.63) is 22.7 Å². The van der Waals surface area contributed by atoms with Crippen LogP contribution in [0, 0.1) is 0 Å². The number of carbonyl (C=O) groups is 1. The van der Waals surface area contributed by atoms with Gasteiger partial charge < -0.3 is 15.8 Å². The van der Waals surface area contributed by atoms with Gasteiger partial charge in [0.25, 0.3) is 5.91 Å². The van der Waals surface area contributed by atoms with E-state index in [-0.39, 0.29) is 5.91 Å². The Morgan fingerprint density at radius 2 is 2.17 bits per heavy atom. The highest BCUT2D eigenvalue weighted by atomic mass is 35.5. The lowest BCUT2D eigenvalue weighted by Crippen LogP contribution is -2.25. The van der Waals surface area contributed by atoms with Gasteiger partial charge in [-0.3, -0.25) is 4.79 Å². The van der Waals surface area contributed by atoms with Gasteiger partial charge in [0.1, 0.15) is 5.75 Å². The number of halogens is 1. The van der Waals surface area contributed by atoms with E-state index in [0.29, 0.717) is 28.6 Å². The van der Waals surface area contributed by atoms with Gasteiger partial charge in [-0.15, -0.1) is 0 Å². The molecule has 0 aliphatic carbocycles. The van der Waals surface area contributed by atoms with Crippen molar-refractivity contribution in [1.29, 1.82) is 0 Å². The Hall–Kier alpha value is -1.42. The molecule has 100 valence electrons. The number of nitrogens with one attached hydrogen (secondary N) is 1. The molecule has 0 fully saturated rings. The molecule has 0 saturated carbocycles. The van der Waals surface area contributed by atoms with Gasteiger partial charge in [0.2, 0.25) is 0 Å². The second kappa shape index (κ2) is 7.11. The van der Waals surface area contributed by atoms with E-state index in [1.807, 2.05) is 0 Å². The van der Waals surface area contributed by atoms with Crippen LogP contribution in [-0.4, -0.2) is 19.6 Å². The average molecular weight is 271 g/mol. The fourth-order valence-corrected chi connectivity index (χ4v) is 1.75. The molecule has 0 aliphatic rings. The number of ether oxygens (including phenoxy) is 1. The number of unbranched alkanes of at least 4 members (excludes halogenated alkanes) is 2. The minimum atomic E-state index is -0.190. The van der Waals surface area contributed by atoms with Crippen LogP contribution in [0.1, 0.15) is 36.5 Å². The van der Waals surface area contributed by atoms with E-state index in [0.717, 1.165) is 19.3 Å². The zero-order valence-corrected chi connectivity index (χ0v) is 11.5. The standard InChI is InChI=1S/C13H19ClN2O2/c1-3-4-5-6-16-13(17)9-7-10(14)11(15)8-12(9)18-2/h7-8H,3-6,15H2,1-2H3,(H,16,17). The first-order valence-corrected chi connectivity index (χ1v) is 6.39. The first kappa shape index (κ1) is 14.6. The van der Waals surface area contributed by atoms with Gasteiger partial charge in [-0.1, -0.05) is 31.4 Å². The summed E-state index contributed by atoms with van der Waals surface area (Å²) in [5, 5.41) is 3.19. The number of hydrogen-bond donors (Lipinski definition) is 2. The summed E-state index contributed by atoms with van der Waals surface area (Å²) < 4.78 is 5.13. The van der Waals surface area contributed by atoms with E-state index >= 15 is 0 Å². The second-order valence-corrected chi connectivity index (χ2v) is 4.44. The lowest BCUT2D eigenvalue weighted by molar-refractivity contribution is 0.0950. The number of hydrogen-bond acceptors (Lipinski definition) is 3. The van der Waals surface area contributed by atoms with Crippen molar-refractivity contribution in [2.24, 2.45) is 0 Å². The molecule has 0 saturated heterocycles. The minimum absolute atomic E-state index is 0.190. The Kier molecular flexibility index (Phi) is 5.78. The van der Waals surface area contributed by atoms with Crippen molar-refractivity contribution in [2.75, 3.05) is 19.4 Å². The summed E-state index contributed by atoms with van der Waals surface area (Å²) in [6, 6.07) is 3.09. The zero-order chi connectivity index (χ0) is 13.5. The molecule has 0 unspecified atom stereocenters. The SMILES string of the molecule is CCCCCNC(=O)c1cc(Cl)c(N)cc1OC. The summed E-state index contributed by atoms with van der Waals surface area (Å²) in [5.41, 5.74) is 6.47. The van der Waals surface area contributed by atoms with Crippen LogP contribution in [0.15, 0.2) is 12.1 Å². The third-order valence-corrected chi connectivity index (χ3v) is 2.96. The lowest BCUT2D eigenvalue weighted by atomic mass is 10.1. The zero-order valence-electron chi connectivity index (χ0n) is 10.8. The number of amides is 1. The summed E-state index contributed by atoms with van der Waals surface area (Å²) in [7, 11) is 1.50. The topological polar surface area (TPSA) is 64.4 Å². The third kappa shape index (κ3) is 3.81. The quantitative estimate of drug-likeness (QED) is 0.617. The molecule has 1 amide bonds. The van der Waals surface area contributed by atoms with E-state index in [1.165, 1.54) is 13.2 Å². The maximum Gasteiger partial charge on any atom is 0.255 e. The van der Waals surface area contributed by atoms with Gasteiger partial charge >= 0.3 is 0 Å². The first-order valence-electron chi connectivity index (χ1n) is 6.01. The molecule has 1 aromatic rings. The predicted octanol–water partition coefficient (Wildman–Crippen LogP) is 2.85. The van der Waals surface area contributed by atoms with Gasteiger partial charge in [-0.2, -0.15) is 0 Å².